The Labute approximate surface area is 150 Å². The molecule has 1 saturated heterocycles. The maximum atomic E-state index is 5.68. The maximum absolute atomic E-state index is 5.68. The van der Waals surface area contributed by atoms with Gasteiger partial charge in [-0.1, -0.05) is 0 Å². The van der Waals surface area contributed by atoms with Gasteiger partial charge in [0.05, 0.1) is 18.9 Å². The summed E-state index contributed by atoms with van der Waals surface area (Å²) >= 11 is 0. The fraction of sp³-hybridized carbons (Fsp3) is 0.737. The zero-order chi connectivity index (χ0) is 17.2. The molecule has 0 aromatic carbocycles. The van der Waals surface area contributed by atoms with E-state index in [4.69, 9.17) is 13.9 Å². The molecule has 0 radical (unpaired) electrons. The van der Waals surface area contributed by atoms with Crippen LogP contribution in [0.2, 0.25) is 0 Å². The first-order valence-corrected chi connectivity index (χ1v) is 9.64. The predicted molar refractivity (Wildman–Crippen MR) is 97.9 cm³/mol. The van der Waals surface area contributed by atoms with Crippen LogP contribution in [0.4, 0.5) is 0 Å². The first-order valence-electron chi connectivity index (χ1n) is 9.64. The molecule has 0 bridgehead atoms. The number of ether oxygens (including phenoxy) is 2. The number of furan rings is 1. The van der Waals surface area contributed by atoms with Crippen LogP contribution in [0.25, 0.3) is 0 Å². The Kier molecular flexibility index (Phi) is 7.64. The van der Waals surface area contributed by atoms with Crippen molar-refractivity contribution in [1.82, 2.24) is 10.6 Å². The minimum atomic E-state index is 0.269. The highest BCUT2D eigenvalue weighted by molar-refractivity contribution is 5.79. The van der Waals surface area contributed by atoms with Crippen LogP contribution in [0.5, 0.6) is 0 Å². The van der Waals surface area contributed by atoms with Crippen LogP contribution >= 0.6 is 0 Å². The topological polar surface area (TPSA) is 68.0 Å². The fourth-order valence-electron chi connectivity index (χ4n) is 2.83. The lowest BCUT2D eigenvalue weighted by molar-refractivity contribution is 0.117. The summed E-state index contributed by atoms with van der Waals surface area (Å²) in [6, 6.07) is 3.91. The molecule has 1 unspecified atom stereocenters. The first-order chi connectivity index (χ1) is 12.4. The molecule has 6 nitrogen and oxygen atoms in total. The number of hydrogen-bond acceptors (Lipinski definition) is 4. The Hall–Kier alpha value is -1.53. The molecule has 140 valence electrons. The molecular weight excluding hydrogens is 318 g/mol. The van der Waals surface area contributed by atoms with Crippen LogP contribution in [0.15, 0.2) is 27.8 Å². The van der Waals surface area contributed by atoms with E-state index in [1.165, 1.54) is 12.8 Å². The smallest absolute Gasteiger partial charge is 0.191 e. The molecule has 1 atom stereocenters. The molecule has 1 aliphatic heterocycles. The molecule has 6 heteroatoms. The third kappa shape index (κ3) is 7.48. The summed E-state index contributed by atoms with van der Waals surface area (Å²) in [6.07, 6.45) is 8.76. The Balaban J connectivity index is 1.34. The lowest BCUT2D eigenvalue weighted by atomic mass is 10.2. The van der Waals surface area contributed by atoms with E-state index in [0.717, 1.165) is 76.2 Å². The van der Waals surface area contributed by atoms with Crippen LogP contribution in [-0.4, -0.2) is 51.5 Å². The lowest BCUT2D eigenvalue weighted by Crippen LogP contribution is -2.39. The Morgan fingerprint density at radius 3 is 2.92 bits per heavy atom. The molecule has 2 heterocycles. The van der Waals surface area contributed by atoms with Crippen molar-refractivity contribution in [3.05, 3.63) is 24.2 Å². The molecule has 1 aliphatic carbocycles. The monoisotopic (exact) mass is 349 g/mol. The van der Waals surface area contributed by atoms with E-state index in [0.29, 0.717) is 6.54 Å². The molecular formula is C19H31N3O3. The van der Waals surface area contributed by atoms with E-state index in [-0.39, 0.29) is 6.10 Å². The molecule has 2 fully saturated rings. The van der Waals surface area contributed by atoms with Crippen molar-refractivity contribution >= 4 is 5.96 Å². The SMILES string of the molecule is c1coc(CCNC(=NCC2CCCO2)NCCCOCC2CC2)c1. The minimum Gasteiger partial charge on any atom is -0.469 e. The van der Waals surface area contributed by atoms with Gasteiger partial charge in [0.15, 0.2) is 5.96 Å². The van der Waals surface area contributed by atoms with Crippen LogP contribution in [0.1, 0.15) is 37.9 Å². The summed E-state index contributed by atoms with van der Waals surface area (Å²) in [5.41, 5.74) is 0. The second-order valence-electron chi connectivity index (χ2n) is 6.88. The standard InChI is InChI=1S/C19H31N3O3/c1-4-17(24-12-1)8-10-21-19(22-14-18-5-2-13-25-18)20-9-3-11-23-15-16-6-7-16/h1,4,12,16,18H,2-3,5-11,13-15H2,(H2,20,21,22). The third-order valence-corrected chi connectivity index (χ3v) is 4.53. The average Bonchev–Trinajstić information content (AvgIpc) is 3.09. The van der Waals surface area contributed by atoms with Crippen molar-refractivity contribution in [1.29, 1.82) is 0 Å². The van der Waals surface area contributed by atoms with E-state index in [1.807, 2.05) is 12.1 Å². The van der Waals surface area contributed by atoms with Gasteiger partial charge < -0.3 is 24.5 Å². The number of aliphatic imine (C=N–C) groups is 1. The zero-order valence-corrected chi connectivity index (χ0v) is 15.0. The van der Waals surface area contributed by atoms with Crippen molar-refractivity contribution < 1.29 is 13.9 Å². The summed E-state index contributed by atoms with van der Waals surface area (Å²) in [7, 11) is 0. The highest BCUT2D eigenvalue weighted by Crippen LogP contribution is 2.28. The molecule has 2 N–H and O–H groups in total. The summed E-state index contributed by atoms with van der Waals surface area (Å²) in [5, 5.41) is 6.78. The zero-order valence-electron chi connectivity index (χ0n) is 15.0. The molecule has 3 rings (SSSR count). The van der Waals surface area contributed by atoms with E-state index in [2.05, 4.69) is 15.6 Å². The van der Waals surface area contributed by atoms with Gasteiger partial charge in [-0.25, -0.2) is 0 Å². The van der Waals surface area contributed by atoms with Gasteiger partial charge in [-0.15, -0.1) is 0 Å². The number of rotatable bonds is 11. The molecule has 0 spiro atoms. The molecule has 0 amide bonds. The number of nitrogens with one attached hydrogen (secondary N) is 2. The normalized spacial score (nSPS) is 20.8. The Morgan fingerprint density at radius 1 is 1.24 bits per heavy atom. The largest absolute Gasteiger partial charge is 0.469 e. The molecule has 1 aromatic rings. The Bertz CT molecular complexity index is 494. The van der Waals surface area contributed by atoms with Gasteiger partial charge in [-0.3, -0.25) is 4.99 Å². The summed E-state index contributed by atoms with van der Waals surface area (Å²) < 4.78 is 16.7. The van der Waals surface area contributed by atoms with Crippen LogP contribution in [0.3, 0.4) is 0 Å². The quantitative estimate of drug-likeness (QED) is 0.365. The second kappa shape index (κ2) is 10.5. The van der Waals surface area contributed by atoms with Gasteiger partial charge >= 0.3 is 0 Å². The lowest BCUT2D eigenvalue weighted by Gasteiger charge is -2.14. The van der Waals surface area contributed by atoms with Crippen molar-refractivity contribution in [3.63, 3.8) is 0 Å². The van der Waals surface area contributed by atoms with Crippen molar-refractivity contribution in [2.45, 2.75) is 44.6 Å². The summed E-state index contributed by atoms with van der Waals surface area (Å²) in [6.45, 7) is 4.99. The van der Waals surface area contributed by atoms with Gasteiger partial charge in [0, 0.05) is 39.3 Å². The first kappa shape index (κ1) is 18.3. The fourth-order valence-corrected chi connectivity index (χ4v) is 2.83. The molecule has 1 saturated carbocycles. The molecule has 2 aliphatic rings. The number of guanidine groups is 1. The maximum Gasteiger partial charge on any atom is 0.191 e. The summed E-state index contributed by atoms with van der Waals surface area (Å²) in [4.78, 5) is 4.68. The van der Waals surface area contributed by atoms with Crippen molar-refractivity contribution in [3.8, 4) is 0 Å². The van der Waals surface area contributed by atoms with Crippen molar-refractivity contribution in [2.75, 3.05) is 39.5 Å². The van der Waals surface area contributed by atoms with Gasteiger partial charge in [0.1, 0.15) is 5.76 Å². The van der Waals surface area contributed by atoms with Gasteiger partial charge in [0.2, 0.25) is 0 Å². The van der Waals surface area contributed by atoms with E-state index in [9.17, 15) is 0 Å². The van der Waals surface area contributed by atoms with Crippen LogP contribution < -0.4 is 10.6 Å². The van der Waals surface area contributed by atoms with Crippen molar-refractivity contribution in [2.24, 2.45) is 10.9 Å². The second-order valence-corrected chi connectivity index (χ2v) is 6.88. The van der Waals surface area contributed by atoms with E-state index < -0.39 is 0 Å². The Morgan fingerprint density at radius 2 is 2.16 bits per heavy atom. The number of hydrogen-bond donors (Lipinski definition) is 2. The molecule has 25 heavy (non-hydrogen) atoms. The highest BCUT2D eigenvalue weighted by Gasteiger charge is 2.20. The van der Waals surface area contributed by atoms with E-state index >= 15 is 0 Å². The molecule has 1 aromatic heterocycles. The average molecular weight is 349 g/mol. The minimum absolute atomic E-state index is 0.269. The van der Waals surface area contributed by atoms with Crippen LogP contribution in [-0.2, 0) is 15.9 Å². The van der Waals surface area contributed by atoms with Crippen LogP contribution in [0, 0.1) is 5.92 Å². The third-order valence-electron chi connectivity index (χ3n) is 4.53. The highest BCUT2D eigenvalue weighted by atomic mass is 16.5. The van der Waals surface area contributed by atoms with E-state index in [1.54, 1.807) is 6.26 Å². The predicted octanol–water partition coefficient (Wildman–Crippen LogP) is 2.35. The van der Waals surface area contributed by atoms with Gasteiger partial charge in [-0.05, 0) is 50.2 Å². The summed E-state index contributed by atoms with van der Waals surface area (Å²) in [5.74, 6) is 2.67. The van der Waals surface area contributed by atoms with Gasteiger partial charge in [0.25, 0.3) is 0 Å². The van der Waals surface area contributed by atoms with Gasteiger partial charge in [-0.2, -0.15) is 0 Å². The number of nitrogens with zero attached hydrogens (tertiary/aromatic N) is 1.